The van der Waals surface area contributed by atoms with Crippen molar-refractivity contribution in [3.63, 3.8) is 0 Å². The molecule has 8 heteroatoms. The Balaban J connectivity index is 1.52. The van der Waals surface area contributed by atoms with Gasteiger partial charge in [0.2, 0.25) is 5.91 Å². The Morgan fingerprint density at radius 1 is 1.09 bits per heavy atom. The molecule has 0 unspecified atom stereocenters. The van der Waals surface area contributed by atoms with Crippen molar-refractivity contribution in [1.29, 1.82) is 0 Å². The van der Waals surface area contributed by atoms with Crippen LogP contribution in [0.3, 0.4) is 0 Å². The molecule has 2 heterocycles. The highest BCUT2D eigenvalue weighted by Gasteiger charge is 2.35. The second-order valence-electron chi connectivity index (χ2n) is 7.72. The fraction of sp³-hybridized carbons (Fsp3) is 0.160. The fourth-order valence-corrected chi connectivity index (χ4v) is 3.75. The van der Waals surface area contributed by atoms with Crippen LogP contribution in [0, 0.1) is 13.8 Å². The van der Waals surface area contributed by atoms with Crippen molar-refractivity contribution in [2.75, 3.05) is 19.0 Å². The van der Waals surface area contributed by atoms with Gasteiger partial charge in [-0.2, -0.15) is 0 Å². The van der Waals surface area contributed by atoms with E-state index in [1.54, 1.807) is 30.3 Å². The number of carbonyl (C=O) groups excluding carboxylic acids is 3. The van der Waals surface area contributed by atoms with Crippen molar-refractivity contribution < 1.29 is 19.1 Å². The van der Waals surface area contributed by atoms with Gasteiger partial charge in [0.1, 0.15) is 18.0 Å². The van der Waals surface area contributed by atoms with Crippen LogP contribution in [-0.2, 0) is 9.59 Å². The number of hydrogen-bond acceptors (Lipinski definition) is 4. The number of aromatic nitrogens is 1. The predicted octanol–water partition coefficient (Wildman–Crippen LogP) is 3.63. The number of methoxy groups -OCH3 is 1. The Labute approximate surface area is 191 Å². The lowest BCUT2D eigenvalue weighted by Gasteiger charge is -2.13. The molecule has 0 bridgehead atoms. The van der Waals surface area contributed by atoms with Gasteiger partial charge in [0, 0.05) is 17.6 Å². The number of benzene rings is 2. The average molecular weight is 444 g/mol. The molecule has 1 fully saturated rings. The number of urea groups is 1. The number of aryl methyl sites for hydroxylation is 2. The molecule has 0 radical (unpaired) electrons. The van der Waals surface area contributed by atoms with Gasteiger partial charge in [-0.3, -0.25) is 9.59 Å². The molecule has 0 atom stereocenters. The van der Waals surface area contributed by atoms with Crippen LogP contribution in [0.25, 0.3) is 11.8 Å². The largest absolute Gasteiger partial charge is 0.495 e. The van der Waals surface area contributed by atoms with Crippen molar-refractivity contribution in [2.45, 2.75) is 13.8 Å². The second-order valence-corrected chi connectivity index (χ2v) is 7.72. The monoisotopic (exact) mass is 444 g/mol. The van der Waals surface area contributed by atoms with E-state index in [0.29, 0.717) is 11.4 Å². The van der Waals surface area contributed by atoms with Crippen LogP contribution in [0.15, 0.2) is 66.5 Å². The zero-order chi connectivity index (χ0) is 23.5. The van der Waals surface area contributed by atoms with Gasteiger partial charge in [-0.1, -0.05) is 29.8 Å². The molecule has 33 heavy (non-hydrogen) atoms. The van der Waals surface area contributed by atoms with Crippen molar-refractivity contribution in [1.82, 2.24) is 14.8 Å². The van der Waals surface area contributed by atoms with Crippen molar-refractivity contribution in [3.8, 4) is 11.4 Å². The first-order valence-corrected chi connectivity index (χ1v) is 10.4. The van der Waals surface area contributed by atoms with Crippen LogP contribution >= 0.6 is 0 Å². The SMILES string of the molecule is COc1ccccc1NC(=O)CN1C(=O)N/C(=C/c2cccn2-c2ccc(C)cc2C)C1=O. The Kier molecular flexibility index (Phi) is 5.99. The molecule has 1 aliphatic rings. The van der Waals surface area contributed by atoms with Gasteiger partial charge in [0.05, 0.1) is 12.8 Å². The van der Waals surface area contributed by atoms with E-state index in [-0.39, 0.29) is 5.70 Å². The van der Waals surface area contributed by atoms with Gasteiger partial charge >= 0.3 is 6.03 Å². The number of ether oxygens (including phenoxy) is 1. The lowest BCUT2D eigenvalue weighted by molar-refractivity contribution is -0.127. The lowest BCUT2D eigenvalue weighted by atomic mass is 10.1. The third-order valence-corrected chi connectivity index (χ3v) is 5.33. The van der Waals surface area contributed by atoms with E-state index in [1.165, 1.54) is 7.11 Å². The summed E-state index contributed by atoms with van der Waals surface area (Å²) in [6.07, 6.45) is 3.50. The Bertz CT molecular complexity index is 1270. The van der Waals surface area contributed by atoms with Gasteiger partial charge in [0.15, 0.2) is 0 Å². The predicted molar refractivity (Wildman–Crippen MR) is 125 cm³/mol. The summed E-state index contributed by atoms with van der Waals surface area (Å²) < 4.78 is 7.15. The molecule has 4 rings (SSSR count). The number of nitrogens with one attached hydrogen (secondary N) is 2. The van der Waals surface area contributed by atoms with Crippen LogP contribution < -0.4 is 15.4 Å². The number of carbonyl (C=O) groups is 3. The Morgan fingerprint density at radius 3 is 2.64 bits per heavy atom. The molecule has 1 saturated heterocycles. The Hall–Kier alpha value is -4.33. The number of nitrogens with zero attached hydrogens (tertiary/aromatic N) is 2. The number of amides is 4. The van der Waals surface area contributed by atoms with E-state index in [2.05, 4.69) is 16.7 Å². The molecule has 1 aromatic heterocycles. The molecule has 2 N–H and O–H groups in total. The van der Waals surface area contributed by atoms with Crippen LogP contribution in [-0.4, -0.2) is 41.0 Å². The molecule has 3 aromatic rings. The number of rotatable bonds is 6. The summed E-state index contributed by atoms with van der Waals surface area (Å²) in [5.74, 6) is -0.595. The molecule has 2 aromatic carbocycles. The summed E-state index contributed by atoms with van der Waals surface area (Å²) in [5, 5.41) is 5.24. The number of imide groups is 1. The highest BCUT2D eigenvalue weighted by atomic mass is 16.5. The highest BCUT2D eigenvalue weighted by molar-refractivity contribution is 6.16. The smallest absolute Gasteiger partial charge is 0.329 e. The minimum absolute atomic E-state index is 0.106. The van der Waals surface area contributed by atoms with E-state index in [9.17, 15) is 14.4 Å². The van der Waals surface area contributed by atoms with Crippen LogP contribution in [0.5, 0.6) is 5.75 Å². The average Bonchev–Trinajstić information content (AvgIpc) is 3.34. The quantitative estimate of drug-likeness (QED) is 0.449. The molecule has 0 aliphatic carbocycles. The maximum atomic E-state index is 12.9. The maximum Gasteiger partial charge on any atom is 0.329 e. The number of anilines is 1. The summed E-state index contributed by atoms with van der Waals surface area (Å²) in [7, 11) is 1.49. The molecular weight excluding hydrogens is 420 g/mol. The third kappa shape index (κ3) is 4.50. The second kappa shape index (κ2) is 9.04. The minimum atomic E-state index is -0.647. The first kappa shape index (κ1) is 21.9. The summed E-state index contributed by atoms with van der Waals surface area (Å²) in [4.78, 5) is 38.7. The topological polar surface area (TPSA) is 92.7 Å². The standard InChI is InChI=1S/C25H24N4O4/c1-16-10-11-21(17(2)13-16)28-12-6-7-18(28)14-20-24(31)29(25(32)27-20)15-23(30)26-19-8-4-5-9-22(19)33-3/h4-14H,15H2,1-3H3,(H,26,30)(H,27,32)/b20-14+. The van der Waals surface area contributed by atoms with Crippen LogP contribution in [0.1, 0.15) is 16.8 Å². The van der Waals surface area contributed by atoms with Crippen LogP contribution in [0.2, 0.25) is 0 Å². The van der Waals surface area contributed by atoms with Crippen molar-refractivity contribution in [3.05, 3.63) is 83.3 Å². The minimum Gasteiger partial charge on any atom is -0.495 e. The zero-order valence-corrected chi connectivity index (χ0v) is 18.6. The molecule has 0 saturated carbocycles. The molecular formula is C25H24N4O4. The fourth-order valence-electron chi connectivity index (χ4n) is 3.75. The van der Waals surface area contributed by atoms with E-state index < -0.39 is 24.4 Å². The van der Waals surface area contributed by atoms with Gasteiger partial charge in [-0.05, 0) is 55.8 Å². The van der Waals surface area contributed by atoms with E-state index in [1.807, 2.05) is 48.9 Å². The van der Waals surface area contributed by atoms with Crippen molar-refractivity contribution in [2.24, 2.45) is 0 Å². The molecule has 8 nitrogen and oxygen atoms in total. The number of para-hydroxylation sites is 2. The molecule has 168 valence electrons. The summed E-state index contributed by atoms with van der Waals surface area (Å²) in [6.45, 7) is 3.63. The van der Waals surface area contributed by atoms with E-state index >= 15 is 0 Å². The van der Waals surface area contributed by atoms with Crippen LogP contribution in [0.4, 0.5) is 10.5 Å². The first-order chi connectivity index (χ1) is 15.9. The van der Waals surface area contributed by atoms with Gasteiger partial charge < -0.3 is 19.9 Å². The van der Waals surface area contributed by atoms with Crippen molar-refractivity contribution >= 4 is 29.6 Å². The molecule has 1 aliphatic heterocycles. The summed E-state index contributed by atoms with van der Waals surface area (Å²) in [6, 6.07) is 16.1. The molecule has 0 spiro atoms. The van der Waals surface area contributed by atoms with Gasteiger partial charge in [-0.25, -0.2) is 9.69 Å². The highest BCUT2D eigenvalue weighted by Crippen LogP contribution is 2.24. The van der Waals surface area contributed by atoms with E-state index in [0.717, 1.165) is 27.4 Å². The normalized spacial score (nSPS) is 14.5. The zero-order valence-electron chi connectivity index (χ0n) is 18.6. The molecule has 4 amide bonds. The Morgan fingerprint density at radius 2 is 1.88 bits per heavy atom. The summed E-state index contributed by atoms with van der Waals surface area (Å²) >= 11 is 0. The van der Waals surface area contributed by atoms with E-state index in [4.69, 9.17) is 4.74 Å². The number of hydrogen-bond donors (Lipinski definition) is 2. The first-order valence-electron chi connectivity index (χ1n) is 10.4. The maximum absolute atomic E-state index is 12.9. The lowest BCUT2D eigenvalue weighted by Crippen LogP contribution is -2.38. The van der Waals surface area contributed by atoms with Gasteiger partial charge in [-0.15, -0.1) is 0 Å². The van der Waals surface area contributed by atoms with Gasteiger partial charge in [0.25, 0.3) is 5.91 Å². The third-order valence-electron chi connectivity index (χ3n) is 5.33. The summed E-state index contributed by atoms with van der Waals surface area (Å²) in [5.41, 5.74) is 4.51.